The molecule has 164 valence electrons. The number of methoxy groups -OCH3 is 1. The van der Waals surface area contributed by atoms with Gasteiger partial charge < -0.3 is 41.9 Å². The molecule has 0 saturated carbocycles. The van der Waals surface area contributed by atoms with E-state index in [4.69, 9.17) is 4.74 Å². The van der Waals surface area contributed by atoms with Crippen molar-refractivity contribution < 1.29 is 39.5 Å². The molecule has 14 heteroatoms. The third kappa shape index (κ3) is 6.55. The maximum absolute atomic E-state index is 12.8. The molecule has 1 aromatic carbocycles. The van der Waals surface area contributed by atoms with E-state index in [0.717, 1.165) is 0 Å². The number of hydrogen-bond acceptors (Lipinski definition) is 8. The van der Waals surface area contributed by atoms with Crippen LogP contribution in [0.5, 0.6) is 0 Å². The van der Waals surface area contributed by atoms with Gasteiger partial charge in [0.1, 0.15) is 12.1 Å². The number of ether oxygens (including phenoxy) is 1. The smallest absolute Gasteiger partial charge is 0.337 e. The number of halogens is 3. The summed E-state index contributed by atoms with van der Waals surface area (Å²) in [5.41, 5.74) is -1.85. The molecule has 0 bridgehead atoms. The molecule has 29 heavy (non-hydrogen) atoms. The van der Waals surface area contributed by atoms with Crippen LogP contribution in [0.4, 0.5) is 5.69 Å². The monoisotopic (exact) mass is 751 g/mol. The van der Waals surface area contributed by atoms with Gasteiger partial charge in [-0.2, -0.15) is 0 Å². The molecule has 0 heterocycles. The quantitative estimate of drug-likeness (QED) is 0.175. The molecule has 0 atom stereocenters. The molecule has 1 rings (SSSR count). The van der Waals surface area contributed by atoms with Gasteiger partial charge in [-0.1, -0.05) is 0 Å². The molecule has 9 N–H and O–H groups in total. The lowest BCUT2D eigenvalue weighted by Gasteiger charge is -2.29. The van der Waals surface area contributed by atoms with Gasteiger partial charge in [0.2, 0.25) is 5.91 Å². The fourth-order valence-electron chi connectivity index (χ4n) is 2.04. The molecule has 0 radical (unpaired) electrons. The van der Waals surface area contributed by atoms with Crippen LogP contribution in [0.2, 0.25) is 0 Å². The van der Waals surface area contributed by atoms with Crippen LogP contribution in [0.15, 0.2) is 0 Å². The van der Waals surface area contributed by atoms with Gasteiger partial charge in [-0.15, -0.1) is 0 Å². The van der Waals surface area contributed by atoms with Gasteiger partial charge in [-0.05, 0) is 67.8 Å². The Morgan fingerprint density at radius 3 is 1.86 bits per heavy atom. The highest BCUT2D eigenvalue weighted by molar-refractivity contribution is 14.1. The topological polar surface area (TPSA) is 200 Å². The number of rotatable bonds is 9. The number of anilines is 1. The van der Waals surface area contributed by atoms with Crippen molar-refractivity contribution in [3.8, 4) is 0 Å². The fourth-order valence-corrected chi connectivity index (χ4v) is 6.43. The van der Waals surface area contributed by atoms with Crippen LogP contribution in [0.3, 0.4) is 0 Å². The van der Waals surface area contributed by atoms with Crippen LogP contribution in [0.25, 0.3) is 0 Å². The van der Waals surface area contributed by atoms with Gasteiger partial charge in [0.25, 0.3) is 5.91 Å². The van der Waals surface area contributed by atoms with E-state index in [0.29, 0.717) is 0 Å². The number of aromatic carboxylic acids is 1. The lowest BCUT2D eigenvalue weighted by atomic mass is 10.0. The summed E-state index contributed by atoms with van der Waals surface area (Å²) in [6.45, 7) is -2.50. The molecule has 0 aromatic heterocycles. The van der Waals surface area contributed by atoms with Gasteiger partial charge in [-0.25, -0.2) is 4.79 Å². The first kappa shape index (κ1) is 28.6. The standard InChI is InChI=1S/C15H17I3N2O8.H3N/c1-28-2-6(24)19-12-10(17)7(9(16)8(11(12)18)14(26)27)13(25)20-15(3-21,4-22)5-23;/h21-23H,2-5H2,1H3,(H,19,24)(H,20,25)(H,26,27);1H3. The first-order chi connectivity index (χ1) is 13.1. The molecule has 2 amide bonds. The summed E-state index contributed by atoms with van der Waals surface area (Å²) in [6.07, 6.45) is 0. The summed E-state index contributed by atoms with van der Waals surface area (Å²) in [5, 5.41) is 42.7. The molecule has 0 unspecified atom stereocenters. The average Bonchev–Trinajstić information content (AvgIpc) is 2.63. The lowest BCUT2D eigenvalue weighted by Crippen LogP contribution is -2.57. The van der Waals surface area contributed by atoms with E-state index < -0.39 is 43.1 Å². The Kier molecular flexibility index (Phi) is 12.3. The Labute approximate surface area is 207 Å². The van der Waals surface area contributed by atoms with Crippen LogP contribution in [0, 0.1) is 10.7 Å². The second-order valence-electron chi connectivity index (χ2n) is 5.56. The highest BCUT2D eigenvalue weighted by Crippen LogP contribution is 2.36. The molecule has 1 aromatic rings. The number of benzene rings is 1. The normalized spacial score (nSPS) is 10.9. The van der Waals surface area contributed by atoms with E-state index in [2.05, 4.69) is 10.6 Å². The van der Waals surface area contributed by atoms with E-state index >= 15 is 0 Å². The highest BCUT2D eigenvalue weighted by Gasteiger charge is 2.34. The summed E-state index contributed by atoms with van der Waals surface area (Å²) >= 11 is 5.25. The molecule has 0 fully saturated rings. The molecular weight excluding hydrogens is 731 g/mol. The predicted molar refractivity (Wildman–Crippen MR) is 129 cm³/mol. The minimum Gasteiger partial charge on any atom is -0.478 e. The van der Waals surface area contributed by atoms with Crippen molar-refractivity contribution >= 4 is 91.2 Å². The van der Waals surface area contributed by atoms with E-state index in [1.165, 1.54) is 7.11 Å². The number of hydrogen-bond donors (Lipinski definition) is 7. The van der Waals surface area contributed by atoms with Crippen LogP contribution in [0.1, 0.15) is 20.7 Å². The molecule has 0 aliphatic heterocycles. The van der Waals surface area contributed by atoms with Crippen molar-refractivity contribution in [2.45, 2.75) is 5.54 Å². The van der Waals surface area contributed by atoms with Crippen molar-refractivity contribution in [1.82, 2.24) is 11.5 Å². The molecule has 11 nitrogen and oxygen atoms in total. The van der Waals surface area contributed by atoms with Gasteiger partial charge in [-0.3, -0.25) is 9.59 Å². The Balaban J connectivity index is 0.00000784. The van der Waals surface area contributed by atoms with Crippen molar-refractivity contribution in [1.29, 1.82) is 0 Å². The summed E-state index contributed by atoms with van der Waals surface area (Å²) in [6, 6.07) is 0. The summed E-state index contributed by atoms with van der Waals surface area (Å²) in [5.74, 6) is -2.68. The Morgan fingerprint density at radius 1 is 0.966 bits per heavy atom. The number of aliphatic hydroxyl groups excluding tert-OH is 3. The third-order valence-corrected chi connectivity index (χ3v) is 6.82. The minimum absolute atomic E-state index is 0. The third-order valence-electron chi connectivity index (χ3n) is 3.58. The van der Waals surface area contributed by atoms with Crippen LogP contribution in [-0.4, -0.2) is 77.3 Å². The minimum atomic E-state index is -1.70. The summed E-state index contributed by atoms with van der Waals surface area (Å²) in [4.78, 5) is 36.5. The molecule has 0 aliphatic carbocycles. The second kappa shape index (κ2) is 12.5. The number of aliphatic hydroxyl groups is 3. The number of carboxylic acid groups (broad SMARTS) is 1. The van der Waals surface area contributed by atoms with E-state index in [1.807, 2.05) is 0 Å². The van der Waals surface area contributed by atoms with Crippen LogP contribution >= 0.6 is 67.8 Å². The van der Waals surface area contributed by atoms with Crippen molar-refractivity contribution in [2.75, 3.05) is 38.9 Å². The first-order valence-electron chi connectivity index (χ1n) is 7.46. The average molecular weight is 751 g/mol. The zero-order chi connectivity index (χ0) is 21.6. The maximum Gasteiger partial charge on any atom is 0.337 e. The fraction of sp³-hybridized carbons (Fsp3) is 0.400. The SMILES string of the molecule is COCC(=O)Nc1c(I)c(C(=O)O)c(I)c(C(=O)NC(CO)(CO)CO)c1I.N. The van der Waals surface area contributed by atoms with Gasteiger partial charge in [0, 0.05) is 10.7 Å². The Morgan fingerprint density at radius 2 is 1.45 bits per heavy atom. The number of nitrogens with one attached hydrogen (secondary N) is 2. The van der Waals surface area contributed by atoms with Gasteiger partial charge >= 0.3 is 5.97 Å². The first-order valence-corrected chi connectivity index (χ1v) is 10.7. The highest BCUT2D eigenvalue weighted by atomic mass is 127. The number of carboxylic acids is 1. The van der Waals surface area contributed by atoms with Gasteiger partial charge in [0.05, 0.1) is 43.8 Å². The van der Waals surface area contributed by atoms with E-state index in [1.54, 1.807) is 67.8 Å². The van der Waals surface area contributed by atoms with Crippen molar-refractivity contribution in [3.63, 3.8) is 0 Å². The molecule has 0 saturated heterocycles. The maximum atomic E-state index is 12.8. The zero-order valence-corrected chi connectivity index (χ0v) is 21.6. The van der Waals surface area contributed by atoms with Crippen LogP contribution < -0.4 is 16.8 Å². The van der Waals surface area contributed by atoms with Gasteiger partial charge in [0.15, 0.2) is 0 Å². The number of amides is 2. The second-order valence-corrected chi connectivity index (χ2v) is 8.80. The van der Waals surface area contributed by atoms with E-state index in [-0.39, 0.29) is 40.3 Å². The summed E-state index contributed by atoms with van der Waals surface area (Å²) < 4.78 is 5.32. The number of carbonyl (C=O) groups excluding carboxylic acids is 2. The molecule has 0 spiro atoms. The zero-order valence-electron chi connectivity index (χ0n) is 15.1. The van der Waals surface area contributed by atoms with Crippen molar-refractivity contribution in [3.05, 3.63) is 21.8 Å². The van der Waals surface area contributed by atoms with Crippen molar-refractivity contribution in [2.24, 2.45) is 0 Å². The Hall–Kier alpha value is -0.380. The molecular formula is C15H20I3N3O8. The lowest BCUT2D eigenvalue weighted by molar-refractivity contribution is -0.119. The number of carbonyl (C=O) groups is 3. The molecule has 0 aliphatic rings. The largest absolute Gasteiger partial charge is 0.478 e. The van der Waals surface area contributed by atoms with E-state index in [9.17, 15) is 34.8 Å². The van der Waals surface area contributed by atoms with Crippen LogP contribution in [-0.2, 0) is 9.53 Å². The summed E-state index contributed by atoms with van der Waals surface area (Å²) in [7, 11) is 1.32. The Bertz CT molecular complexity index is 779. The predicted octanol–water partition coefficient (Wildman–Crippen LogP) is 0.391.